The molecule has 1 aromatic carbocycles. The Morgan fingerprint density at radius 3 is 2.65 bits per heavy atom. The minimum atomic E-state index is -0.457. The van der Waals surface area contributed by atoms with E-state index >= 15 is 0 Å². The summed E-state index contributed by atoms with van der Waals surface area (Å²) in [5.74, 6) is 1.49. The van der Waals surface area contributed by atoms with Crippen LogP contribution in [-0.4, -0.2) is 18.4 Å². The van der Waals surface area contributed by atoms with E-state index in [-0.39, 0.29) is 5.75 Å². The number of hydrogen-bond acceptors (Lipinski definition) is 4. The summed E-state index contributed by atoms with van der Waals surface area (Å²) in [4.78, 5) is 6.47. The van der Waals surface area contributed by atoms with E-state index < -0.39 is 7.05 Å². The van der Waals surface area contributed by atoms with E-state index in [4.69, 9.17) is 4.65 Å². The average Bonchev–Trinajstić information content (AvgIpc) is 3.00. The Balaban J connectivity index is 2.61. The van der Waals surface area contributed by atoms with Crippen molar-refractivity contribution >= 4 is 19.0 Å². The van der Waals surface area contributed by atoms with Crippen LogP contribution in [-0.2, 0) is 0 Å². The zero-order valence-corrected chi connectivity index (χ0v) is 15.0. The molecule has 1 aliphatic heterocycles. The largest absolute Gasteiger partial charge is 0.536 e. The lowest BCUT2D eigenvalue weighted by Gasteiger charge is -2.23. The van der Waals surface area contributed by atoms with E-state index in [9.17, 15) is 5.11 Å². The predicted octanol–water partition coefficient (Wildman–Crippen LogP) is 4.98. The fraction of sp³-hybridized carbons (Fsp3) is 0.0952. The summed E-state index contributed by atoms with van der Waals surface area (Å²) in [5.41, 5.74) is 1.61. The van der Waals surface area contributed by atoms with E-state index in [2.05, 4.69) is 24.7 Å². The monoisotopic (exact) mass is 346 g/mol. The van der Waals surface area contributed by atoms with Crippen molar-refractivity contribution in [1.29, 1.82) is 0 Å². The van der Waals surface area contributed by atoms with Crippen molar-refractivity contribution in [3.05, 3.63) is 91.8 Å². The van der Waals surface area contributed by atoms with Gasteiger partial charge in [0.05, 0.1) is 5.69 Å². The third kappa shape index (κ3) is 4.25. The molecular weight excluding hydrogens is 323 g/mol. The molecule has 5 heteroatoms. The van der Waals surface area contributed by atoms with E-state index in [1.54, 1.807) is 36.4 Å². The number of benzene rings is 1. The lowest BCUT2D eigenvalue weighted by Crippen LogP contribution is -2.40. The molecule has 1 aliphatic rings. The Morgan fingerprint density at radius 1 is 1.23 bits per heavy atom. The molecule has 0 saturated carbocycles. The molecule has 0 bridgehead atoms. The molecular formula is C21H23BN2O2. The average molecular weight is 346 g/mol. The molecule has 2 rings (SSSR count). The molecule has 0 radical (unpaired) electrons. The summed E-state index contributed by atoms with van der Waals surface area (Å²) in [5, 5.41) is 9.95. The van der Waals surface area contributed by atoms with Crippen LogP contribution in [0.5, 0.6) is 11.5 Å². The van der Waals surface area contributed by atoms with Crippen LogP contribution in [0.25, 0.3) is 0 Å². The van der Waals surface area contributed by atoms with Crippen LogP contribution in [0, 0.1) is 0 Å². The Morgan fingerprint density at radius 2 is 2.00 bits per heavy atom. The van der Waals surface area contributed by atoms with E-state index in [0.717, 1.165) is 17.6 Å². The summed E-state index contributed by atoms with van der Waals surface area (Å²) in [7, 11) is -0.457. The van der Waals surface area contributed by atoms with E-state index in [1.165, 1.54) is 0 Å². The standard InChI is InChI=1S/C21H23BN2O2/c1-5-9-12-17(10-6-2)22-24(21(11-7-3)23-15-8-4)19-16-18(25)13-14-20(19)26-22/h5-7,9-16,25H,1-3,8H2,4H3/b12-9-,17-10+,21-11+,23-15-. The van der Waals surface area contributed by atoms with Crippen molar-refractivity contribution in [1.82, 2.24) is 0 Å². The fourth-order valence-electron chi connectivity index (χ4n) is 2.56. The Hall–Kier alpha value is -3.21. The van der Waals surface area contributed by atoms with Crippen molar-refractivity contribution in [2.45, 2.75) is 13.3 Å². The van der Waals surface area contributed by atoms with Crippen molar-refractivity contribution in [2.24, 2.45) is 4.99 Å². The van der Waals surface area contributed by atoms with Gasteiger partial charge in [-0.1, -0.05) is 63.1 Å². The topological polar surface area (TPSA) is 45.1 Å². The molecule has 0 atom stereocenters. The minimum absolute atomic E-state index is 0.159. The molecule has 0 amide bonds. The second kappa shape index (κ2) is 9.32. The highest BCUT2D eigenvalue weighted by Crippen LogP contribution is 2.42. The van der Waals surface area contributed by atoms with Gasteiger partial charge < -0.3 is 14.6 Å². The molecule has 0 aromatic heterocycles. The number of allylic oxidation sites excluding steroid dienone is 8. The number of rotatable bonds is 8. The van der Waals surface area contributed by atoms with Crippen LogP contribution in [0.3, 0.4) is 0 Å². The van der Waals surface area contributed by atoms with Gasteiger partial charge in [0.2, 0.25) is 0 Å². The van der Waals surface area contributed by atoms with Gasteiger partial charge in [0, 0.05) is 12.3 Å². The van der Waals surface area contributed by atoms with Gasteiger partial charge in [-0.3, -0.25) is 0 Å². The lowest BCUT2D eigenvalue weighted by molar-refractivity contribution is 0.474. The molecule has 132 valence electrons. The maximum Gasteiger partial charge on any atom is 0.525 e. The smallest absolute Gasteiger partial charge is 0.525 e. The van der Waals surface area contributed by atoms with Crippen LogP contribution in [0.15, 0.2) is 96.8 Å². The second-order valence-corrected chi connectivity index (χ2v) is 5.47. The number of phenolic OH excluding ortho intramolecular Hbond substituents is 1. The summed E-state index contributed by atoms with van der Waals surface area (Å²) in [6.07, 6.45) is 15.1. The Bertz CT molecular complexity index is 806. The van der Waals surface area contributed by atoms with Crippen LogP contribution in [0.2, 0.25) is 0 Å². The molecule has 1 N–H and O–H groups in total. The van der Waals surface area contributed by atoms with Crippen LogP contribution >= 0.6 is 0 Å². The highest BCUT2D eigenvalue weighted by atomic mass is 16.5. The molecule has 0 saturated heterocycles. The lowest BCUT2D eigenvalue weighted by atomic mass is 9.70. The summed E-state index contributed by atoms with van der Waals surface area (Å²) in [6.45, 7) is 13.3. The summed E-state index contributed by atoms with van der Waals surface area (Å²) in [6, 6.07) is 5.01. The zero-order chi connectivity index (χ0) is 18.9. The molecule has 4 nitrogen and oxygen atoms in total. The number of fused-ring (bicyclic) bond motifs is 1. The number of aromatic hydroxyl groups is 1. The first-order valence-corrected chi connectivity index (χ1v) is 8.42. The molecule has 0 spiro atoms. The van der Waals surface area contributed by atoms with Gasteiger partial charge >= 0.3 is 7.05 Å². The SMILES string of the molecule is C=C/C=C\C(=C/C=C)B1Oc2ccc(O)cc2N1C(=C/C=C)/N=C\CC. The number of aliphatic imine (C=N–C) groups is 1. The Labute approximate surface area is 155 Å². The maximum atomic E-state index is 9.95. The first-order chi connectivity index (χ1) is 12.7. The van der Waals surface area contributed by atoms with Gasteiger partial charge in [-0.25, -0.2) is 4.99 Å². The first-order valence-electron chi connectivity index (χ1n) is 8.42. The van der Waals surface area contributed by atoms with Crippen LogP contribution in [0.4, 0.5) is 5.69 Å². The normalized spacial score (nSPS) is 14.7. The molecule has 1 aromatic rings. The van der Waals surface area contributed by atoms with Gasteiger partial charge in [-0.05, 0) is 30.1 Å². The van der Waals surface area contributed by atoms with Crippen molar-refractivity contribution in [3.8, 4) is 11.5 Å². The Kier molecular flexibility index (Phi) is 6.86. The molecule has 1 heterocycles. The second-order valence-electron chi connectivity index (χ2n) is 5.47. The van der Waals surface area contributed by atoms with E-state index in [0.29, 0.717) is 11.6 Å². The molecule has 0 unspecified atom stereocenters. The third-order valence-electron chi connectivity index (χ3n) is 3.62. The minimum Gasteiger partial charge on any atom is -0.536 e. The maximum absolute atomic E-state index is 9.95. The summed E-state index contributed by atoms with van der Waals surface area (Å²) < 4.78 is 6.16. The quantitative estimate of drug-likeness (QED) is 0.410. The fourth-order valence-corrected chi connectivity index (χ4v) is 2.56. The zero-order valence-electron chi connectivity index (χ0n) is 15.0. The highest BCUT2D eigenvalue weighted by molar-refractivity contribution is 6.68. The molecule has 26 heavy (non-hydrogen) atoms. The molecule has 0 fully saturated rings. The van der Waals surface area contributed by atoms with Crippen molar-refractivity contribution in [3.63, 3.8) is 0 Å². The highest BCUT2D eigenvalue weighted by Gasteiger charge is 2.41. The van der Waals surface area contributed by atoms with Crippen LogP contribution < -0.4 is 9.47 Å². The first kappa shape index (κ1) is 19.1. The van der Waals surface area contributed by atoms with Crippen molar-refractivity contribution < 1.29 is 9.76 Å². The summed E-state index contributed by atoms with van der Waals surface area (Å²) >= 11 is 0. The molecule has 0 aliphatic carbocycles. The van der Waals surface area contributed by atoms with Gasteiger partial charge in [0.1, 0.15) is 17.3 Å². The number of anilines is 1. The predicted molar refractivity (Wildman–Crippen MR) is 112 cm³/mol. The van der Waals surface area contributed by atoms with E-state index in [1.807, 2.05) is 42.3 Å². The van der Waals surface area contributed by atoms with Gasteiger partial charge in [0.25, 0.3) is 0 Å². The van der Waals surface area contributed by atoms with Gasteiger partial charge in [-0.2, -0.15) is 0 Å². The van der Waals surface area contributed by atoms with Gasteiger partial charge in [0.15, 0.2) is 0 Å². The number of nitrogens with zero attached hydrogens (tertiary/aromatic N) is 2. The van der Waals surface area contributed by atoms with Crippen molar-refractivity contribution in [2.75, 3.05) is 4.81 Å². The number of hydrogen-bond donors (Lipinski definition) is 1. The third-order valence-corrected chi connectivity index (χ3v) is 3.62. The van der Waals surface area contributed by atoms with Gasteiger partial charge in [-0.15, -0.1) is 0 Å². The van der Waals surface area contributed by atoms with Crippen LogP contribution in [0.1, 0.15) is 13.3 Å². The number of phenols is 1.